The van der Waals surface area contributed by atoms with E-state index in [9.17, 15) is 4.79 Å². The molecule has 1 aliphatic heterocycles. The zero-order valence-electron chi connectivity index (χ0n) is 12.4. The Morgan fingerprint density at radius 1 is 1.33 bits per heavy atom. The Labute approximate surface area is 136 Å². The Kier molecular flexibility index (Phi) is 6.34. The van der Waals surface area contributed by atoms with Crippen LogP contribution in [0.2, 0.25) is 10.0 Å². The van der Waals surface area contributed by atoms with Gasteiger partial charge in [-0.25, -0.2) is 0 Å². The van der Waals surface area contributed by atoms with Crippen molar-refractivity contribution in [2.45, 2.75) is 38.6 Å². The van der Waals surface area contributed by atoms with Crippen LogP contribution in [0.25, 0.3) is 0 Å². The van der Waals surface area contributed by atoms with E-state index in [-0.39, 0.29) is 5.91 Å². The highest BCUT2D eigenvalue weighted by atomic mass is 35.5. The van der Waals surface area contributed by atoms with Gasteiger partial charge in [0, 0.05) is 22.6 Å². The summed E-state index contributed by atoms with van der Waals surface area (Å²) in [7, 11) is 0. The predicted octanol–water partition coefficient (Wildman–Crippen LogP) is 3.53. The maximum Gasteiger partial charge on any atom is 0.227 e. The molecule has 0 atom stereocenters. The predicted molar refractivity (Wildman–Crippen MR) is 88.1 cm³/mol. The van der Waals surface area contributed by atoms with E-state index in [0.29, 0.717) is 22.5 Å². The SMILES string of the molecule is CCCN(C(=O)Cc1ccc(Cl)cc1Cl)C1CCNCC1. The van der Waals surface area contributed by atoms with Crippen LogP contribution in [0.3, 0.4) is 0 Å². The topological polar surface area (TPSA) is 32.3 Å². The van der Waals surface area contributed by atoms with Crippen molar-refractivity contribution in [2.24, 2.45) is 0 Å². The van der Waals surface area contributed by atoms with Crippen molar-refractivity contribution in [2.75, 3.05) is 19.6 Å². The molecule has 5 heteroatoms. The van der Waals surface area contributed by atoms with E-state index in [4.69, 9.17) is 23.2 Å². The molecule has 116 valence electrons. The number of halogens is 2. The van der Waals surface area contributed by atoms with Crippen LogP contribution in [0.5, 0.6) is 0 Å². The van der Waals surface area contributed by atoms with E-state index < -0.39 is 0 Å². The van der Waals surface area contributed by atoms with Gasteiger partial charge in [0.05, 0.1) is 6.42 Å². The molecule has 21 heavy (non-hydrogen) atoms. The van der Waals surface area contributed by atoms with Gasteiger partial charge in [0.1, 0.15) is 0 Å². The lowest BCUT2D eigenvalue weighted by Crippen LogP contribution is -2.47. The smallest absolute Gasteiger partial charge is 0.227 e. The number of hydrogen-bond donors (Lipinski definition) is 1. The third kappa shape index (κ3) is 4.60. The van der Waals surface area contributed by atoms with E-state index in [1.165, 1.54) is 0 Å². The molecular weight excluding hydrogens is 307 g/mol. The standard InChI is InChI=1S/C16H22Cl2N2O/c1-2-9-20(14-5-7-19-8-6-14)16(21)10-12-3-4-13(17)11-15(12)18/h3-4,11,14,19H,2,5-10H2,1H3. The van der Waals surface area contributed by atoms with E-state index in [1.54, 1.807) is 12.1 Å². The highest BCUT2D eigenvalue weighted by Crippen LogP contribution is 2.23. The third-order valence-electron chi connectivity index (χ3n) is 3.89. The van der Waals surface area contributed by atoms with E-state index in [0.717, 1.165) is 44.5 Å². The van der Waals surface area contributed by atoms with Crippen molar-refractivity contribution in [1.29, 1.82) is 0 Å². The fourth-order valence-corrected chi connectivity index (χ4v) is 3.27. The zero-order chi connectivity index (χ0) is 15.2. The number of benzene rings is 1. The van der Waals surface area contributed by atoms with Crippen LogP contribution >= 0.6 is 23.2 Å². The Morgan fingerprint density at radius 2 is 2.05 bits per heavy atom. The number of rotatable bonds is 5. The van der Waals surface area contributed by atoms with Gasteiger partial charge in [0.15, 0.2) is 0 Å². The zero-order valence-corrected chi connectivity index (χ0v) is 13.9. The Morgan fingerprint density at radius 3 is 2.67 bits per heavy atom. The molecule has 0 unspecified atom stereocenters. The molecule has 0 bridgehead atoms. The maximum atomic E-state index is 12.7. The van der Waals surface area contributed by atoms with Gasteiger partial charge in [0.25, 0.3) is 0 Å². The van der Waals surface area contributed by atoms with Crippen molar-refractivity contribution in [3.8, 4) is 0 Å². The van der Waals surface area contributed by atoms with Gasteiger partial charge in [-0.1, -0.05) is 36.2 Å². The summed E-state index contributed by atoms with van der Waals surface area (Å²) in [4.78, 5) is 14.7. The Balaban J connectivity index is 2.07. The molecule has 1 N–H and O–H groups in total. The van der Waals surface area contributed by atoms with Gasteiger partial charge < -0.3 is 10.2 Å². The minimum Gasteiger partial charge on any atom is -0.339 e. The van der Waals surface area contributed by atoms with Crippen LogP contribution < -0.4 is 5.32 Å². The van der Waals surface area contributed by atoms with Crippen molar-refractivity contribution in [3.05, 3.63) is 33.8 Å². The van der Waals surface area contributed by atoms with Crippen molar-refractivity contribution in [1.82, 2.24) is 10.2 Å². The second-order valence-corrected chi connectivity index (χ2v) is 6.32. The van der Waals surface area contributed by atoms with Gasteiger partial charge in [-0.15, -0.1) is 0 Å². The molecule has 2 rings (SSSR count). The van der Waals surface area contributed by atoms with Gasteiger partial charge in [0.2, 0.25) is 5.91 Å². The first kappa shape index (κ1) is 16.6. The minimum absolute atomic E-state index is 0.160. The molecule has 1 saturated heterocycles. The summed E-state index contributed by atoms with van der Waals surface area (Å²) < 4.78 is 0. The summed E-state index contributed by atoms with van der Waals surface area (Å²) in [6, 6.07) is 5.67. The lowest BCUT2D eigenvalue weighted by molar-refractivity contribution is -0.133. The summed E-state index contributed by atoms with van der Waals surface area (Å²) in [5.41, 5.74) is 0.848. The molecule has 1 aromatic carbocycles. The van der Waals surface area contributed by atoms with Crippen LogP contribution in [0.15, 0.2) is 18.2 Å². The second-order valence-electron chi connectivity index (χ2n) is 5.48. The van der Waals surface area contributed by atoms with Crippen molar-refractivity contribution >= 4 is 29.1 Å². The van der Waals surface area contributed by atoms with Gasteiger partial charge >= 0.3 is 0 Å². The highest BCUT2D eigenvalue weighted by Gasteiger charge is 2.25. The number of carbonyl (C=O) groups is 1. The average Bonchev–Trinajstić information content (AvgIpc) is 2.48. The number of hydrogen-bond acceptors (Lipinski definition) is 2. The monoisotopic (exact) mass is 328 g/mol. The first-order chi connectivity index (χ1) is 10.1. The molecule has 0 aliphatic carbocycles. The van der Waals surface area contributed by atoms with Crippen LogP contribution in [-0.2, 0) is 11.2 Å². The Bertz CT molecular complexity index is 487. The molecule has 1 aromatic rings. The van der Waals surface area contributed by atoms with Crippen LogP contribution in [-0.4, -0.2) is 36.5 Å². The molecule has 0 radical (unpaired) electrons. The molecule has 0 aromatic heterocycles. The van der Waals surface area contributed by atoms with Crippen molar-refractivity contribution in [3.63, 3.8) is 0 Å². The van der Waals surface area contributed by atoms with Gasteiger partial charge in [-0.3, -0.25) is 4.79 Å². The molecule has 0 saturated carbocycles. The molecule has 3 nitrogen and oxygen atoms in total. The quantitative estimate of drug-likeness (QED) is 0.896. The summed E-state index contributed by atoms with van der Waals surface area (Å²) in [5, 5.41) is 4.51. The Hall–Kier alpha value is -0.770. The van der Waals surface area contributed by atoms with E-state index in [2.05, 4.69) is 12.2 Å². The number of nitrogens with zero attached hydrogens (tertiary/aromatic N) is 1. The summed E-state index contributed by atoms with van der Waals surface area (Å²) in [6.07, 6.45) is 3.38. The van der Waals surface area contributed by atoms with Crippen molar-refractivity contribution < 1.29 is 4.79 Å². The van der Waals surface area contributed by atoms with Crippen LogP contribution in [0.1, 0.15) is 31.7 Å². The fourth-order valence-electron chi connectivity index (χ4n) is 2.80. The minimum atomic E-state index is 0.160. The number of piperidine rings is 1. The highest BCUT2D eigenvalue weighted by molar-refractivity contribution is 6.35. The summed E-state index contributed by atoms with van der Waals surface area (Å²) in [6.45, 7) is 4.89. The van der Waals surface area contributed by atoms with Gasteiger partial charge in [-0.2, -0.15) is 0 Å². The number of nitrogens with one attached hydrogen (secondary N) is 1. The van der Waals surface area contributed by atoms with E-state index in [1.807, 2.05) is 11.0 Å². The maximum absolute atomic E-state index is 12.7. The lowest BCUT2D eigenvalue weighted by Gasteiger charge is -2.34. The first-order valence-electron chi connectivity index (χ1n) is 7.56. The molecule has 1 amide bonds. The summed E-state index contributed by atoms with van der Waals surface area (Å²) in [5.74, 6) is 0.160. The fraction of sp³-hybridized carbons (Fsp3) is 0.562. The average molecular weight is 329 g/mol. The first-order valence-corrected chi connectivity index (χ1v) is 8.31. The molecule has 1 heterocycles. The number of amides is 1. The molecule has 0 spiro atoms. The number of carbonyl (C=O) groups excluding carboxylic acids is 1. The largest absolute Gasteiger partial charge is 0.339 e. The normalized spacial score (nSPS) is 16.0. The van der Waals surface area contributed by atoms with Gasteiger partial charge in [-0.05, 0) is 50.0 Å². The lowest BCUT2D eigenvalue weighted by atomic mass is 10.0. The van der Waals surface area contributed by atoms with E-state index >= 15 is 0 Å². The third-order valence-corrected chi connectivity index (χ3v) is 4.48. The summed E-state index contributed by atoms with van der Waals surface area (Å²) >= 11 is 12.1. The van der Waals surface area contributed by atoms with Crippen LogP contribution in [0.4, 0.5) is 0 Å². The molecule has 1 aliphatic rings. The second kappa shape index (κ2) is 8.02. The molecule has 1 fully saturated rings. The molecular formula is C16H22Cl2N2O. The van der Waals surface area contributed by atoms with Crippen LogP contribution in [0, 0.1) is 0 Å².